The first-order valence-corrected chi connectivity index (χ1v) is 4.92. The Kier molecular flexibility index (Phi) is 3.75. The summed E-state index contributed by atoms with van der Waals surface area (Å²) in [6.45, 7) is 0. The van der Waals surface area contributed by atoms with Gasteiger partial charge < -0.3 is 4.74 Å². The van der Waals surface area contributed by atoms with Gasteiger partial charge in [-0.25, -0.2) is 0 Å². The lowest BCUT2D eigenvalue weighted by atomic mass is 10.1. The van der Waals surface area contributed by atoms with E-state index in [2.05, 4.69) is 20.7 Å². The summed E-state index contributed by atoms with van der Waals surface area (Å²) in [4.78, 5) is 10.7. The fourth-order valence-electron chi connectivity index (χ4n) is 0.871. The second kappa shape index (κ2) is 4.63. The van der Waals surface area contributed by atoms with Crippen LogP contribution in [0, 0.1) is 0 Å². The number of hydrogen-bond donors (Lipinski definition) is 0. The van der Waals surface area contributed by atoms with E-state index in [0.717, 1.165) is 5.56 Å². The van der Waals surface area contributed by atoms with Crippen molar-refractivity contribution in [2.75, 3.05) is 7.11 Å². The fraction of sp³-hybridized carbons (Fsp3) is 0.222. The van der Waals surface area contributed by atoms with Crippen molar-refractivity contribution < 1.29 is 9.53 Å². The summed E-state index contributed by atoms with van der Waals surface area (Å²) >= 11 is 8.92. The highest BCUT2D eigenvalue weighted by molar-refractivity contribution is 9.09. The van der Waals surface area contributed by atoms with Gasteiger partial charge in [-0.2, -0.15) is 0 Å². The van der Waals surface area contributed by atoms with Crippen LogP contribution < -0.4 is 0 Å². The third kappa shape index (κ3) is 2.71. The Morgan fingerprint density at radius 3 is 2.46 bits per heavy atom. The molecule has 0 radical (unpaired) electrons. The standard InChI is InChI=1S/C9H8BrClO2/c1-13-9(12)8(10)6-2-4-7(11)5-3-6/h2-5,8H,1H3/t8-/m1/s1. The zero-order chi connectivity index (χ0) is 9.84. The maximum atomic E-state index is 11.1. The lowest BCUT2D eigenvalue weighted by Crippen LogP contribution is -2.07. The molecule has 0 N–H and O–H groups in total. The van der Waals surface area contributed by atoms with Crippen molar-refractivity contribution in [3.63, 3.8) is 0 Å². The fourth-order valence-corrected chi connectivity index (χ4v) is 1.49. The van der Waals surface area contributed by atoms with E-state index in [-0.39, 0.29) is 5.97 Å². The van der Waals surface area contributed by atoms with E-state index in [1.54, 1.807) is 24.3 Å². The number of halogens is 2. The van der Waals surface area contributed by atoms with E-state index >= 15 is 0 Å². The summed E-state index contributed by atoms with van der Waals surface area (Å²) in [5, 5.41) is 0.647. The van der Waals surface area contributed by atoms with Crippen LogP contribution in [0.15, 0.2) is 24.3 Å². The Hall–Kier alpha value is -0.540. The minimum atomic E-state index is -0.422. The number of esters is 1. The van der Waals surface area contributed by atoms with Gasteiger partial charge in [-0.1, -0.05) is 39.7 Å². The Labute approximate surface area is 90.0 Å². The van der Waals surface area contributed by atoms with E-state index in [1.807, 2.05) is 0 Å². The van der Waals surface area contributed by atoms with E-state index < -0.39 is 4.83 Å². The Morgan fingerprint density at radius 1 is 1.46 bits per heavy atom. The van der Waals surface area contributed by atoms with Crippen molar-refractivity contribution in [2.24, 2.45) is 0 Å². The van der Waals surface area contributed by atoms with Gasteiger partial charge in [0.25, 0.3) is 0 Å². The van der Waals surface area contributed by atoms with Gasteiger partial charge in [-0.3, -0.25) is 4.79 Å². The first kappa shape index (κ1) is 10.5. The van der Waals surface area contributed by atoms with Crippen molar-refractivity contribution in [1.82, 2.24) is 0 Å². The molecule has 0 fully saturated rings. The number of alkyl halides is 1. The quantitative estimate of drug-likeness (QED) is 0.606. The molecule has 0 aliphatic carbocycles. The second-order valence-corrected chi connectivity index (χ2v) is 3.79. The molecule has 1 rings (SSSR count). The molecule has 2 nitrogen and oxygen atoms in total. The summed E-state index contributed by atoms with van der Waals surface area (Å²) in [6, 6.07) is 7.01. The van der Waals surface area contributed by atoms with Crippen molar-refractivity contribution in [3.8, 4) is 0 Å². The van der Waals surface area contributed by atoms with Gasteiger partial charge in [0.05, 0.1) is 7.11 Å². The summed E-state index contributed by atoms with van der Waals surface area (Å²) in [7, 11) is 1.35. The monoisotopic (exact) mass is 262 g/mol. The third-order valence-corrected chi connectivity index (χ3v) is 2.73. The van der Waals surface area contributed by atoms with E-state index in [1.165, 1.54) is 7.11 Å². The van der Waals surface area contributed by atoms with Crippen LogP contribution in [0.4, 0.5) is 0 Å². The molecule has 13 heavy (non-hydrogen) atoms. The average Bonchev–Trinajstić information content (AvgIpc) is 2.17. The predicted molar refractivity (Wildman–Crippen MR) is 55.1 cm³/mol. The molecule has 0 aliphatic heterocycles. The van der Waals surface area contributed by atoms with Crippen molar-refractivity contribution in [1.29, 1.82) is 0 Å². The molecule has 70 valence electrons. The van der Waals surface area contributed by atoms with Gasteiger partial charge in [0.2, 0.25) is 0 Å². The smallest absolute Gasteiger partial charge is 0.323 e. The Morgan fingerprint density at radius 2 is 2.00 bits per heavy atom. The Bertz CT molecular complexity index is 297. The largest absolute Gasteiger partial charge is 0.468 e. The molecule has 4 heteroatoms. The van der Waals surface area contributed by atoms with Crippen LogP contribution in [0.2, 0.25) is 5.02 Å². The van der Waals surface area contributed by atoms with Crippen molar-refractivity contribution >= 4 is 33.5 Å². The lowest BCUT2D eigenvalue weighted by Gasteiger charge is -2.06. The molecular weight excluding hydrogens is 255 g/mol. The molecule has 1 aromatic carbocycles. The zero-order valence-electron chi connectivity index (χ0n) is 6.96. The van der Waals surface area contributed by atoms with Gasteiger partial charge in [0.15, 0.2) is 0 Å². The van der Waals surface area contributed by atoms with E-state index in [0.29, 0.717) is 5.02 Å². The van der Waals surface area contributed by atoms with Crippen LogP contribution >= 0.6 is 27.5 Å². The number of hydrogen-bond acceptors (Lipinski definition) is 2. The molecular formula is C9H8BrClO2. The van der Waals surface area contributed by atoms with Crippen LogP contribution in [-0.4, -0.2) is 13.1 Å². The summed E-state index contributed by atoms with van der Waals surface area (Å²) < 4.78 is 4.58. The van der Waals surface area contributed by atoms with Gasteiger partial charge in [0.1, 0.15) is 4.83 Å². The highest BCUT2D eigenvalue weighted by Crippen LogP contribution is 2.24. The molecule has 0 aliphatic rings. The molecule has 1 aromatic rings. The van der Waals surface area contributed by atoms with Gasteiger partial charge in [-0.15, -0.1) is 0 Å². The maximum Gasteiger partial charge on any atom is 0.323 e. The molecule has 0 saturated carbocycles. The number of methoxy groups -OCH3 is 1. The van der Waals surface area contributed by atoms with Crippen molar-refractivity contribution in [3.05, 3.63) is 34.9 Å². The van der Waals surface area contributed by atoms with Gasteiger partial charge in [0, 0.05) is 5.02 Å². The molecule has 0 unspecified atom stereocenters. The van der Waals surface area contributed by atoms with Crippen LogP contribution in [0.1, 0.15) is 10.4 Å². The minimum absolute atomic E-state index is 0.317. The third-order valence-electron chi connectivity index (χ3n) is 1.57. The number of rotatable bonds is 2. The topological polar surface area (TPSA) is 26.3 Å². The normalized spacial score (nSPS) is 12.2. The summed E-state index contributed by atoms with van der Waals surface area (Å²) in [5.41, 5.74) is 0.830. The highest BCUT2D eigenvalue weighted by atomic mass is 79.9. The molecule has 0 heterocycles. The molecule has 1 atom stereocenters. The molecule has 0 bridgehead atoms. The molecule has 0 aromatic heterocycles. The zero-order valence-corrected chi connectivity index (χ0v) is 9.30. The number of carbonyl (C=O) groups excluding carboxylic acids is 1. The lowest BCUT2D eigenvalue weighted by molar-refractivity contribution is -0.139. The van der Waals surface area contributed by atoms with Crippen molar-refractivity contribution in [2.45, 2.75) is 4.83 Å². The van der Waals surface area contributed by atoms with Gasteiger partial charge >= 0.3 is 5.97 Å². The average molecular weight is 264 g/mol. The minimum Gasteiger partial charge on any atom is -0.468 e. The maximum absolute atomic E-state index is 11.1. The number of carbonyl (C=O) groups is 1. The second-order valence-electron chi connectivity index (χ2n) is 2.44. The van der Waals surface area contributed by atoms with E-state index in [9.17, 15) is 4.79 Å². The number of ether oxygens (including phenoxy) is 1. The van der Waals surface area contributed by atoms with Gasteiger partial charge in [-0.05, 0) is 17.7 Å². The SMILES string of the molecule is COC(=O)[C@H](Br)c1ccc(Cl)cc1. The summed E-state index contributed by atoms with van der Waals surface area (Å²) in [5.74, 6) is -0.317. The van der Waals surface area contributed by atoms with Crippen LogP contribution in [0.25, 0.3) is 0 Å². The Balaban J connectivity index is 2.83. The summed E-state index contributed by atoms with van der Waals surface area (Å²) in [6.07, 6.45) is 0. The molecule has 0 spiro atoms. The highest BCUT2D eigenvalue weighted by Gasteiger charge is 2.16. The molecule has 0 amide bonds. The first-order chi connectivity index (χ1) is 6.15. The first-order valence-electron chi connectivity index (χ1n) is 3.62. The van der Waals surface area contributed by atoms with Crippen LogP contribution in [0.5, 0.6) is 0 Å². The van der Waals surface area contributed by atoms with Crippen LogP contribution in [-0.2, 0) is 9.53 Å². The predicted octanol–water partition coefficient (Wildman–Crippen LogP) is 2.95. The van der Waals surface area contributed by atoms with E-state index in [4.69, 9.17) is 11.6 Å². The number of benzene rings is 1. The van der Waals surface area contributed by atoms with Crippen LogP contribution in [0.3, 0.4) is 0 Å². The molecule has 0 saturated heterocycles.